The van der Waals surface area contributed by atoms with Crippen LogP contribution in [0.5, 0.6) is 11.5 Å². The minimum Gasteiger partial charge on any atom is -0.457 e. The summed E-state index contributed by atoms with van der Waals surface area (Å²) in [7, 11) is 0. The largest absolute Gasteiger partial charge is 0.457 e. The van der Waals surface area contributed by atoms with Gasteiger partial charge in [-0.05, 0) is 30.2 Å². The molecule has 3 heteroatoms. The van der Waals surface area contributed by atoms with E-state index in [0.29, 0.717) is 11.4 Å². The van der Waals surface area contributed by atoms with Gasteiger partial charge in [0.15, 0.2) is 0 Å². The molecule has 0 aliphatic carbocycles. The monoisotopic (exact) mass is 224 g/mol. The first-order valence-corrected chi connectivity index (χ1v) is 5.45. The van der Waals surface area contributed by atoms with Crippen LogP contribution in [0.15, 0.2) is 42.6 Å². The normalized spacial score (nSPS) is 9.65. The zero-order valence-electron chi connectivity index (χ0n) is 9.55. The van der Waals surface area contributed by atoms with Crippen LogP contribution in [0.3, 0.4) is 0 Å². The van der Waals surface area contributed by atoms with Crippen LogP contribution in [0.25, 0.3) is 0 Å². The van der Waals surface area contributed by atoms with Crippen molar-refractivity contribution in [3.8, 4) is 17.6 Å². The Morgan fingerprint density at radius 1 is 1.18 bits per heavy atom. The molecule has 0 radical (unpaired) electrons. The lowest BCUT2D eigenvalue weighted by molar-refractivity contribution is 0.481. The number of pyridine rings is 1. The van der Waals surface area contributed by atoms with Crippen molar-refractivity contribution in [3.63, 3.8) is 0 Å². The van der Waals surface area contributed by atoms with Gasteiger partial charge in [-0.2, -0.15) is 5.26 Å². The lowest BCUT2D eigenvalue weighted by Gasteiger charge is -2.06. The number of rotatable bonds is 3. The second kappa shape index (κ2) is 5.13. The third-order valence-corrected chi connectivity index (χ3v) is 2.41. The van der Waals surface area contributed by atoms with Gasteiger partial charge in [-0.15, -0.1) is 0 Å². The van der Waals surface area contributed by atoms with Crippen molar-refractivity contribution in [3.05, 3.63) is 53.9 Å². The Morgan fingerprint density at radius 3 is 2.59 bits per heavy atom. The highest BCUT2D eigenvalue weighted by molar-refractivity contribution is 5.35. The maximum Gasteiger partial charge on any atom is 0.144 e. The average molecular weight is 224 g/mol. The van der Waals surface area contributed by atoms with Crippen molar-refractivity contribution in [2.45, 2.75) is 13.3 Å². The van der Waals surface area contributed by atoms with Gasteiger partial charge >= 0.3 is 0 Å². The van der Waals surface area contributed by atoms with Crippen molar-refractivity contribution in [2.24, 2.45) is 0 Å². The van der Waals surface area contributed by atoms with E-state index in [1.165, 1.54) is 5.56 Å². The Labute approximate surface area is 100 Å². The smallest absolute Gasteiger partial charge is 0.144 e. The Balaban J connectivity index is 2.16. The van der Waals surface area contributed by atoms with Gasteiger partial charge in [0.25, 0.3) is 0 Å². The second-order valence-corrected chi connectivity index (χ2v) is 3.59. The minimum absolute atomic E-state index is 0.354. The van der Waals surface area contributed by atoms with Gasteiger partial charge in [0.1, 0.15) is 23.3 Å². The van der Waals surface area contributed by atoms with E-state index in [2.05, 4.69) is 11.9 Å². The lowest BCUT2D eigenvalue weighted by atomic mass is 10.2. The number of benzene rings is 1. The molecule has 1 aromatic carbocycles. The molecule has 0 aliphatic rings. The molecule has 0 atom stereocenters. The molecule has 84 valence electrons. The van der Waals surface area contributed by atoms with Crippen molar-refractivity contribution >= 4 is 0 Å². The average Bonchev–Trinajstić information content (AvgIpc) is 2.40. The third-order valence-electron chi connectivity index (χ3n) is 2.41. The van der Waals surface area contributed by atoms with Crippen molar-refractivity contribution in [1.29, 1.82) is 5.26 Å². The first-order chi connectivity index (χ1) is 8.31. The van der Waals surface area contributed by atoms with Gasteiger partial charge in [0, 0.05) is 12.3 Å². The zero-order chi connectivity index (χ0) is 12.1. The summed E-state index contributed by atoms with van der Waals surface area (Å²) in [5.74, 6) is 1.39. The van der Waals surface area contributed by atoms with Crippen molar-refractivity contribution in [2.75, 3.05) is 0 Å². The lowest BCUT2D eigenvalue weighted by Crippen LogP contribution is -1.88. The molecule has 1 heterocycles. The molecule has 17 heavy (non-hydrogen) atoms. The van der Waals surface area contributed by atoms with Gasteiger partial charge in [-0.25, -0.2) is 4.98 Å². The van der Waals surface area contributed by atoms with Gasteiger partial charge in [0.2, 0.25) is 0 Å². The standard InChI is InChI=1S/C14H12N2O/c1-2-11-3-5-13(6-4-11)17-14-7-8-16-12(9-14)10-15/h3-9H,2H2,1H3. The van der Waals surface area contributed by atoms with E-state index in [4.69, 9.17) is 10.00 Å². The number of nitrogens with zero attached hydrogens (tertiary/aromatic N) is 2. The number of nitriles is 1. The van der Waals surface area contributed by atoms with Gasteiger partial charge < -0.3 is 4.74 Å². The third kappa shape index (κ3) is 2.82. The summed E-state index contributed by atoms with van der Waals surface area (Å²) in [6, 6.07) is 13.2. The molecular formula is C14H12N2O. The SMILES string of the molecule is CCc1ccc(Oc2ccnc(C#N)c2)cc1. The molecule has 0 spiro atoms. The highest BCUT2D eigenvalue weighted by Gasteiger charge is 1.99. The number of aryl methyl sites for hydroxylation is 1. The Hall–Kier alpha value is -2.34. The van der Waals surface area contributed by atoms with Gasteiger partial charge in [-0.3, -0.25) is 0 Å². The van der Waals surface area contributed by atoms with Crippen LogP contribution < -0.4 is 4.74 Å². The molecule has 3 nitrogen and oxygen atoms in total. The van der Waals surface area contributed by atoms with Crippen molar-refractivity contribution in [1.82, 2.24) is 4.98 Å². The summed E-state index contributed by atoms with van der Waals surface area (Å²) in [4.78, 5) is 3.89. The summed E-state index contributed by atoms with van der Waals surface area (Å²) in [6.45, 7) is 2.11. The predicted octanol–water partition coefficient (Wildman–Crippen LogP) is 3.31. The first-order valence-electron chi connectivity index (χ1n) is 5.45. The highest BCUT2D eigenvalue weighted by atomic mass is 16.5. The number of aromatic nitrogens is 1. The van der Waals surface area contributed by atoms with E-state index in [0.717, 1.165) is 12.2 Å². The molecule has 0 N–H and O–H groups in total. The molecule has 0 unspecified atom stereocenters. The van der Waals surface area contributed by atoms with Crippen molar-refractivity contribution < 1.29 is 4.74 Å². The molecule has 0 bridgehead atoms. The molecule has 0 fully saturated rings. The quantitative estimate of drug-likeness (QED) is 0.803. The van der Waals surface area contributed by atoms with E-state index >= 15 is 0 Å². The maximum absolute atomic E-state index is 8.73. The summed E-state index contributed by atoms with van der Waals surface area (Å²) in [5.41, 5.74) is 1.62. The van der Waals surface area contributed by atoms with E-state index in [1.807, 2.05) is 30.3 Å². The second-order valence-electron chi connectivity index (χ2n) is 3.59. The fourth-order valence-corrected chi connectivity index (χ4v) is 1.47. The van der Waals surface area contributed by atoms with E-state index in [1.54, 1.807) is 18.3 Å². The van der Waals surface area contributed by atoms with Crippen LogP contribution in [0.2, 0.25) is 0 Å². The molecule has 0 saturated carbocycles. The summed E-state index contributed by atoms with van der Waals surface area (Å²) >= 11 is 0. The van der Waals surface area contributed by atoms with Gasteiger partial charge in [-0.1, -0.05) is 19.1 Å². The summed E-state index contributed by atoms with van der Waals surface area (Å²) in [5, 5.41) is 8.73. The van der Waals surface area contributed by atoms with Crippen LogP contribution in [-0.4, -0.2) is 4.98 Å². The van der Waals surface area contributed by atoms with Crippen LogP contribution >= 0.6 is 0 Å². The van der Waals surface area contributed by atoms with E-state index < -0.39 is 0 Å². The predicted molar refractivity (Wildman–Crippen MR) is 64.8 cm³/mol. The molecule has 0 saturated heterocycles. The maximum atomic E-state index is 8.73. The Bertz CT molecular complexity index is 541. The van der Waals surface area contributed by atoms with E-state index in [-0.39, 0.29) is 0 Å². The molecule has 0 amide bonds. The molecule has 1 aromatic heterocycles. The Morgan fingerprint density at radius 2 is 1.94 bits per heavy atom. The zero-order valence-corrected chi connectivity index (χ0v) is 9.55. The molecule has 0 aliphatic heterocycles. The fourth-order valence-electron chi connectivity index (χ4n) is 1.47. The molecule has 2 rings (SSSR count). The topological polar surface area (TPSA) is 45.9 Å². The highest BCUT2D eigenvalue weighted by Crippen LogP contribution is 2.21. The number of ether oxygens (including phenoxy) is 1. The summed E-state index contributed by atoms with van der Waals surface area (Å²) in [6.07, 6.45) is 2.57. The summed E-state index contributed by atoms with van der Waals surface area (Å²) < 4.78 is 5.63. The van der Waals surface area contributed by atoms with Gasteiger partial charge in [0.05, 0.1) is 0 Å². The number of hydrogen-bond donors (Lipinski definition) is 0. The van der Waals surface area contributed by atoms with Crippen LogP contribution in [-0.2, 0) is 6.42 Å². The van der Waals surface area contributed by atoms with Crippen LogP contribution in [0.1, 0.15) is 18.2 Å². The van der Waals surface area contributed by atoms with Crippen LogP contribution in [0, 0.1) is 11.3 Å². The van der Waals surface area contributed by atoms with Crippen LogP contribution in [0.4, 0.5) is 0 Å². The molecule has 2 aromatic rings. The fraction of sp³-hybridized carbons (Fsp3) is 0.143. The minimum atomic E-state index is 0.354. The first kappa shape index (κ1) is 11.2. The Kier molecular flexibility index (Phi) is 3.37. The number of hydrogen-bond acceptors (Lipinski definition) is 3. The van der Waals surface area contributed by atoms with E-state index in [9.17, 15) is 0 Å². The molecular weight excluding hydrogens is 212 g/mol.